The largest absolute Gasteiger partial charge is 0.423 e. The van der Waals surface area contributed by atoms with Gasteiger partial charge in [-0.25, -0.2) is 0 Å². The predicted octanol–water partition coefficient (Wildman–Crippen LogP) is 2.61. The van der Waals surface area contributed by atoms with E-state index in [0.29, 0.717) is 35.5 Å². The summed E-state index contributed by atoms with van der Waals surface area (Å²) in [5, 5.41) is 11.0. The third kappa shape index (κ3) is 5.52. The van der Waals surface area contributed by atoms with Crippen LogP contribution in [0.5, 0.6) is 11.8 Å². The lowest BCUT2D eigenvalue weighted by Crippen LogP contribution is -2.39. The van der Waals surface area contributed by atoms with Gasteiger partial charge in [-0.1, -0.05) is 12.1 Å². The van der Waals surface area contributed by atoms with Crippen LogP contribution < -0.4 is 15.4 Å². The fourth-order valence-electron chi connectivity index (χ4n) is 4.18. The second kappa shape index (κ2) is 10.5. The van der Waals surface area contributed by atoms with Crippen molar-refractivity contribution < 1.29 is 14.3 Å². The van der Waals surface area contributed by atoms with Gasteiger partial charge in [0.2, 0.25) is 5.95 Å². The maximum absolute atomic E-state index is 12.4. The quantitative estimate of drug-likeness (QED) is 0.357. The molecule has 0 bridgehead atoms. The van der Waals surface area contributed by atoms with Gasteiger partial charge in [-0.2, -0.15) is 19.6 Å². The topological polar surface area (TPSA) is 119 Å². The Labute approximate surface area is 213 Å². The molecule has 1 amide bonds. The molecule has 2 aliphatic rings. The number of rotatable bonds is 9. The third-order valence-corrected chi connectivity index (χ3v) is 6.38. The van der Waals surface area contributed by atoms with E-state index < -0.39 is 0 Å². The van der Waals surface area contributed by atoms with Crippen molar-refractivity contribution in [2.45, 2.75) is 18.9 Å². The van der Waals surface area contributed by atoms with E-state index in [1.54, 1.807) is 35.2 Å². The first-order chi connectivity index (χ1) is 18.2. The Bertz CT molecular complexity index is 1370. The van der Waals surface area contributed by atoms with Crippen molar-refractivity contribution in [2.75, 3.05) is 44.7 Å². The van der Waals surface area contributed by atoms with Crippen LogP contribution in [0.4, 0.5) is 5.95 Å². The van der Waals surface area contributed by atoms with Gasteiger partial charge in [0.1, 0.15) is 5.75 Å². The van der Waals surface area contributed by atoms with E-state index in [-0.39, 0.29) is 11.9 Å². The summed E-state index contributed by atoms with van der Waals surface area (Å²) in [5.74, 6) is 1.03. The van der Waals surface area contributed by atoms with E-state index in [4.69, 9.17) is 9.47 Å². The van der Waals surface area contributed by atoms with Crippen LogP contribution in [0.3, 0.4) is 0 Å². The number of morpholine rings is 1. The highest BCUT2D eigenvalue weighted by Crippen LogP contribution is 2.28. The highest BCUT2D eigenvalue weighted by molar-refractivity contribution is 5.95. The third-order valence-electron chi connectivity index (χ3n) is 6.38. The smallest absolute Gasteiger partial charge is 0.327 e. The van der Waals surface area contributed by atoms with Crippen LogP contribution in [0, 0.1) is 0 Å². The van der Waals surface area contributed by atoms with E-state index in [1.807, 2.05) is 24.3 Å². The average Bonchev–Trinajstić information content (AvgIpc) is 3.65. The van der Waals surface area contributed by atoms with E-state index >= 15 is 0 Å². The first kappa shape index (κ1) is 23.3. The van der Waals surface area contributed by atoms with Crippen LogP contribution in [0.1, 0.15) is 23.2 Å². The Morgan fingerprint density at radius 2 is 1.92 bits per heavy atom. The molecule has 0 unspecified atom stereocenters. The molecule has 37 heavy (non-hydrogen) atoms. The molecule has 1 saturated heterocycles. The van der Waals surface area contributed by atoms with E-state index in [0.717, 1.165) is 56.8 Å². The molecule has 0 atom stereocenters. The molecule has 2 fully saturated rings. The summed E-state index contributed by atoms with van der Waals surface area (Å²) in [5.41, 5.74) is 2.93. The van der Waals surface area contributed by atoms with Crippen LogP contribution in [0.2, 0.25) is 0 Å². The van der Waals surface area contributed by atoms with Gasteiger partial charge >= 0.3 is 6.01 Å². The van der Waals surface area contributed by atoms with Gasteiger partial charge in [-0.3, -0.25) is 14.7 Å². The first-order valence-corrected chi connectivity index (χ1v) is 12.5. The van der Waals surface area contributed by atoms with Crippen molar-refractivity contribution in [3.05, 3.63) is 60.6 Å². The predicted molar refractivity (Wildman–Crippen MR) is 137 cm³/mol. The number of benzene rings is 1. The first-order valence-electron chi connectivity index (χ1n) is 12.5. The van der Waals surface area contributed by atoms with Gasteiger partial charge in [0, 0.05) is 49.5 Å². The molecule has 1 aliphatic heterocycles. The number of hydrogen-bond donors (Lipinski definition) is 2. The van der Waals surface area contributed by atoms with Gasteiger partial charge in [-0.15, -0.1) is 0 Å². The Morgan fingerprint density at radius 1 is 1.08 bits per heavy atom. The monoisotopic (exact) mass is 500 g/mol. The molecule has 11 nitrogen and oxygen atoms in total. The lowest BCUT2D eigenvalue weighted by atomic mass is 10.1. The number of carbonyl (C=O) groups is 1. The van der Waals surface area contributed by atoms with Crippen molar-refractivity contribution in [1.82, 2.24) is 34.8 Å². The number of pyridine rings is 1. The number of amides is 1. The number of fused-ring (bicyclic) bond motifs is 1. The zero-order valence-corrected chi connectivity index (χ0v) is 20.3. The Morgan fingerprint density at radius 3 is 2.68 bits per heavy atom. The highest BCUT2D eigenvalue weighted by Gasteiger charge is 2.24. The summed E-state index contributed by atoms with van der Waals surface area (Å²) in [7, 11) is 0. The lowest BCUT2D eigenvalue weighted by molar-refractivity contribution is 0.0398. The summed E-state index contributed by atoms with van der Waals surface area (Å²) < 4.78 is 13.0. The second-order valence-electron chi connectivity index (χ2n) is 9.12. The number of nitrogens with zero attached hydrogens (tertiary/aromatic N) is 6. The van der Waals surface area contributed by atoms with Crippen molar-refractivity contribution in [3.63, 3.8) is 0 Å². The molecular weight excluding hydrogens is 472 g/mol. The average molecular weight is 501 g/mol. The number of carbonyl (C=O) groups excluding carboxylic acids is 1. The van der Waals surface area contributed by atoms with Crippen LogP contribution in [0.15, 0.2) is 55.0 Å². The molecule has 3 aromatic heterocycles. The molecule has 0 radical (unpaired) electrons. The van der Waals surface area contributed by atoms with Crippen LogP contribution in [-0.2, 0) is 4.74 Å². The van der Waals surface area contributed by atoms with Gasteiger partial charge in [-0.05, 0) is 42.7 Å². The standard InChI is InChI=1S/C26H28N8O3/c35-24(30-20-7-8-20)19-5-3-18(4-6-19)22-17-29-34-23(22)31-26(37-21-2-1-9-27-16-21)32-25(34)28-10-11-33-12-14-36-15-13-33/h1-6,9,16-17,20H,7-8,10-15H2,(H,30,35)(H,28,31,32). The minimum atomic E-state index is -0.0462. The van der Waals surface area contributed by atoms with E-state index in [9.17, 15) is 4.79 Å². The Hall–Kier alpha value is -4.09. The van der Waals surface area contributed by atoms with E-state index in [1.165, 1.54) is 0 Å². The van der Waals surface area contributed by atoms with Crippen molar-refractivity contribution in [2.24, 2.45) is 0 Å². The number of anilines is 1. The molecule has 11 heteroatoms. The molecule has 4 aromatic rings. The molecule has 2 N–H and O–H groups in total. The zero-order valence-electron chi connectivity index (χ0n) is 20.3. The maximum Gasteiger partial charge on any atom is 0.327 e. The summed E-state index contributed by atoms with van der Waals surface area (Å²) in [6.07, 6.45) is 7.15. The number of ether oxygens (including phenoxy) is 2. The SMILES string of the molecule is O=C(NC1CC1)c1ccc(-c2cnn3c(NCCN4CCOCC4)nc(Oc4cccnc4)nc23)cc1. The highest BCUT2D eigenvalue weighted by atomic mass is 16.5. The second-order valence-corrected chi connectivity index (χ2v) is 9.12. The van der Waals surface area contributed by atoms with Crippen LogP contribution >= 0.6 is 0 Å². The minimum absolute atomic E-state index is 0.0462. The van der Waals surface area contributed by atoms with Gasteiger partial charge in [0.05, 0.1) is 25.6 Å². The van der Waals surface area contributed by atoms with Gasteiger partial charge in [0.15, 0.2) is 5.65 Å². The van der Waals surface area contributed by atoms with Crippen molar-refractivity contribution >= 4 is 17.5 Å². The van der Waals surface area contributed by atoms with Crippen LogP contribution in [-0.4, -0.2) is 80.8 Å². The molecule has 1 aliphatic carbocycles. The number of hydrogen-bond acceptors (Lipinski definition) is 9. The minimum Gasteiger partial charge on any atom is -0.423 e. The number of nitrogens with one attached hydrogen (secondary N) is 2. The fourth-order valence-corrected chi connectivity index (χ4v) is 4.18. The van der Waals surface area contributed by atoms with E-state index in [2.05, 4.69) is 35.6 Å². The number of aromatic nitrogens is 5. The molecule has 6 rings (SSSR count). The van der Waals surface area contributed by atoms with Gasteiger partial charge < -0.3 is 20.1 Å². The van der Waals surface area contributed by atoms with Crippen LogP contribution in [0.25, 0.3) is 16.8 Å². The molecule has 0 spiro atoms. The maximum atomic E-state index is 12.4. The Balaban J connectivity index is 1.28. The molecule has 190 valence electrons. The molecule has 4 heterocycles. The molecule has 1 aromatic carbocycles. The Kier molecular flexibility index (Phi) is 6.61. The van der Waals surface area contributed by atoms with Crippen molar-refractivity contribution in [3.8, 4) is 22.9 Å². The summed E-state index contributed by atoms with van der Waals surface area (Å²) in [4.78, 5) is 28.1. The lowest BCUT2D eigenvalue weighted by Gasteiger charge is -2.26. The summed E-state index contributed by atoms with van der Waals surface area (Å²) in [6.45, 7) is 4.87. The molecule has 1 saturated carbocycles. The summed E-state index contributed by atoms with van der Waals surface area (Å²) in [6, 6.07) is 11.6. The van der Waals surface area contributed by atoms with Crippen molar-refractivity contribution in [1.29, 1.82) is 0 Å². The summed E-state index contributed by atoms with van der Waals surface area (Å²) >= 11 is 0. The normalized spacial score (nSPS) is 16.0. The molecular formula is C26H28N8O3. The zero-order chi connectivity index (χ0) is 25.0. The fraction of sp³-hybridized carbons (Fsp3) is 0.346. The van der Waals surface area contributed by atoms with Gasteiger partial charge in [0.25, 0.3) is 5.91 Å².